The lowest BCUT2D eigenvalue weighted by Gasteiger charge is -2.28. The van der Waals surface area contributed by atoms with Crippen LogP contribution in [-0.4, -0.2) is 59.4 Å². The van der Waals surface area contributed by atoms with Gasteiger partial charge in [0.2, 0.25) is 0 Å². The molecule has 0 bridgehead atoms. The molecule has 1 atom stereocenters. The number of ether oxygens (including phenoxy) is 1. The molecule has 6 nitrogen and oxygen atoms in total. The van der Waals surface area contributed by atoms with Gasteiger partial charge >= 0.3 is 0 Å². The number of carbonyl (C=O) groups is 2. The fourth-order valence-electron chi connectivity index (χ4n) is 3.90. The Balaban J connectivity index is 2.04. The lowest BCUT2D eigenvalue weighted by atomic mass is 9.95. The van der Waals surface area contributed by atoms with Crippen LogP contribution in [0, 0.1) is 0 Å². The highest BCUT2D eigenvalue weighted by Gasteiger charge is 2.45. The second-order valence-corrected chi connectivity index (χ2v) is 7.55. The maximum atomic E-state index is 13.0. The first kappa shape index (κ1) is 23.3. The fraction of sp³-hybridized carbons (Fsp3) is 0.308. The average Bonchev–Trinajstić information content (AvgIpc) is 3.08. The first-order chi connectivity index (χ1) is 15.5. The van der Waals surface area contributed by atoms with E-state index < -0.39 is 17.7 Å². The molecule has 1 unspecified atom stereocenters. The molecule has 0 aliphatic carbocycles. The van der Waals surface area contributed by atoms with Crippen molar-refractivity contribution in [2.24, 2.45) is 0 Å². The largest absolute Gasteiger partial charge is 0.507 e. The number of likely N-dealkylation sites (N-methyl/N-ethyl adjacent to an activating group) is 1. The molecule has 1 heterocycles. The Morgan fingerprint density at radius 2 is 1.75 bits per heavy atom. The predicted molar refractivity (Wildman–Crippen MR) is 125 cm³/mol. The number of carbonyl (C=O) groups excluding carboxylic acids is 2. The molecule has 0 radical (unpaired) electrons. The quantitative estimate of drug-likeness (QED) is 0.265. The first-order valence-corrected chi connectivity index (χ1v) is 10.9. The Bertz CT molecular complexity index is 979. The highest BCUT2D eigenvalue weighted by Crippen LogP contribution is 2.39. The molecule has 2 aromatic rings. The number of benzene rings is 2. The molecule has 0 aromatic heterocycles. The van der Waals surface area contributed by atoms with Crippen LogP contribution in [0.2, 0.25) is 0 Å². The highest BCUT2D eigenvalue weighted by atomic mass is 16.5. The van der Waals surface area contributed by atoms with Crippen LogP contribution in [0.25, 0.3) is 5.76 Å². The van der Waals surface area contributed by atoms with Gasteiger partial charge in [0, 0.05) is 18.7 Å². The lowest BCUT2D eigenvalue weighted by Crippen LogP contribution is -2.38. The monoisotopic (exact) mass is 434 g/mol. The zero-order valence-electron chi connectivity index (χ0n) is 18.7. The maximum absolute atomic E-state index is 13.0. The van der Waals surface area contributed by atoms with Crippen LogP contribution in [0.5, 0.6) is 5.75 Å². The zero-order valence-corrected chi connectivity index (χ0v) is 18.7. The van der Waals surface area contributed by atoms with Crippen molar-refractivity contribution in [2.75, 3.05) is 32.8 Å². The minimum atomic E-state index is -0.667. The second kappa shape index (κ2) is 10.8. The number of ketones is 1. The van der Waals surface area contributed by atoms with Gasteiger partial charge in [0.15, 0.2) is 0 Å². The number of aliphatic hydroxyl groups is 1. The Kier molecular flexibility index (Phi) is 7.84. The summed E-state index contributed by atoms with van der Waals surface area (Å²) in [7, 11) is 0. The van der Waals surface area contributed by atoms with Crippen LogP contribution in [0.4, 0.5) is 0 Å². The zero-order chi connectivity index (χ0) is 23.1. The molecule has 2 aromatic carbocycles. The number of aliphatic hydroxyl groups excluding tert-OH is 1. The van der Waals surface area contributed by atoms with Gasteiger partial charge < -0.3 is 19.6 Å². The lowest BCUT2D eigenvalue weighted by molar-refractivity contribution is -0.140. The van der Waals surface area contributed by atoms with E-state index in [4.69, 9.17) is 4.74 Å². The molecule has 1 aliphatic rings. The van der Waals surface area contributed by atoms with Gasteiger partial charge in [0.05, 0.1) is 11.6 Å². The van der Waals surface area contributed by atoms with Gasteiger partial charge in [-0.15, -0.1) is 0 Å². The average molecular weight is 435 g/mol. The molecule has 3 rings (SSSR count). The van der Waals surface area contributed by atoms with Crippen LogP contribution in [0.3, 0.4) is 0 Å². The van der Waals surface area contributed by atoms with Gasteiger partial charge in [-0.3, -0.25) is 9.59 Å². The highest BCUT2D eigenvalue weighted by molar-refractivity contribution is 6.46. The molecule has 1 fully saturated rings. The number of likely N-dealkylation sites (tertiary alicyclic amines) is 1. The Labute approximate surface area is 189 Å². The summed E-state index contributed by atoms with van der Waals surface area (Å²) < 4.78 is 5.56. The smallest absolute Gasteiger partial charge is 0.295 e. The van der Waals surface area contributed by atoms with Crippen molar-refractivity contribution in [3.63, 3.8) is 0 Å². The van der Waals surface area contributed by atoms with Crippen LogP contribution >= 0.6 is 0 Å². The SMILES string of the molecule is C=CCOc1ccc(C2/C(=C(/O)c3ccccc3)C(=O)C(=O)N2CCN(CC)CC)cc1. The summed E-state index contributed by atoms with van der Waals surface area (Å²) in [5, 5.41) is 11.0. The fourth-order valence-corrected chi connectivity index (χ4v) is 3.90. The molecule has 0 spiro atoms. The Morgan fingerprint density at radius 1 is 1.09 bits per heavy atom. The van der Waals surface area contributed by atoms with E-state index >= 15 is 0 Å². The summed E-state index contributed by atoms with van der Waals surface area (Å²) in [6.07, 6.45) is 1.66. The number of Topliss-reactive ketones (excluding diaryl/α,β-unsaturated/α-hetero) is 1. The summed E-state index contributed by atoms with van der Waals surface area (Å²) in [4.78, 5) is 29.8. The van der Waals surface area contributed by atoms with Crippen molar-refractivity contribution >= 4 is 17.4 Å². The molecule has 1 amide bonds. The van der Waals surface area contributed by atoms with Crippen LogP contribution in [0.15, 0.2) is 72.8 Å². The third-order valence-corrected chi connectivity index (χ3v) is 5.70. The van der Waals surface area contributed by atoms with Gasteiger partial charge in [-0.2, -0.15) is 0 Å². The van der Waals surface area contributed by atoms with E-state index in [1.54, 1.807) is 47.4 Å². The van der Waals surface area contributed by atoms with E-state index in [0.29, 0.717) is 31.0 Å². The normalized spacial score (nSPS) is 17.7. The molecular weight excluding hydrogens is 404 g/mol. The Hall–Kier alpha value is -3.38. The third-order valence-electron chi connectivity index (χ3n) is 5.70. The summed E-state index contributed by atoms with van der Waals surface area (Å²) in [6.45, 7) is 10.9. The van der Waals surface area contributed by atoms with Crippen LogP contribution in [-0.2, 0) is 9.59 Å². The van der Waals surface area contributed by atoms with E-state index in [9.17, 15) is 14.7 Å². The molecular formula is C26H30N2O4. The van der Waals surface area contributed by atoms with E-state index in [-0.39, 0.29) is 11.3 Å². The number of amides is 1. The second-order valence-electron chi connectivity index (χ2n) is 7.55. The number of rotatable bonds is 10. The van der Waals surface area contributed by atoms with Gasteiger partial charge in [-0.25, -0.2) is 0 Å². The van der Waals surface area contributed by atoms with Gasteiger partial charge in [0.25, 0.3) is 11.7 Å². The minimum absolute atomic E-state index is 0.112. The van der Waals surface area contributed by atoms with Crippen molar-refractivity contribution in [1.29, 1.82) is 0 Å². The molecule has 1 aliphatic heterocycles. The summed E-state index contributed by atoms with van der Waals surface area (Å²) >= 11 is 0. The van der Waals surface area contributed by atoms with Crippen LogP contribution in [0.1, 0.15) is 31.0 Å². The van der Waals surface area contributed by atoms with Crippen molar-refractivity contribution in [1.82, 2.24) is 9.80 Å². The van der Waals surface area contributed by atoms with Gasteiger partial charge in [0.1, 0.15) is 18.1 Å². The maximum Gasteiger partial charge on any atom is 0.295 e. The van der Waals surface area contributed by atoms with E-state index in [2.05, 4.69) is 25.3 Å². The number of nitrogens with zero attached hydrogens (tertiary/aromatic N) is 2. The van der Waals surface area contributed by atoms with Crippen molar-refractivity contribution < 1.29 is 19.4 Å². The number of hydrogen-bond acceptors (Lipinski definition) is 5. The number of hydrogen-bond donors (Lipinski definition) is 1. The standard InChI is InChI=1S/C26H30N2O4/c1-4-18-32-21-14-12-19(13-15-21)23-22(24(29)20-10-8-7-9-11-20)25(30)26(31)28(23)17-16-27(5-2)6-3/h4,7-15,23,29H,1,5-6,16-18H2,2-3H3/b24-22-. The molecule has 0 saturated carbocycles. The summed E-state index contributed by atoms with van der Waals surface area (Å²) in [6, 6.07) is 15.4. The van der Waals surface area contributed by atoms with E-state index in [1.807, 2.05) is 18.2 Å². The molecule has 1 saturated heterocycles. The Morgan fingerprint density at radius 3 is 2.34 bits per heavy atom. The third kappa shape index (κ3) is 4.92. The van der Waals surface area contributed by atoms with Gasteiger partial charge in [-0.05, 0) is 30.8 Å². The van der Waals surface area contributed by atoms with Crippen molar-refractivity contribution in [3.05, 3.63) is 84.0 Å². The molecule has 6 heteroatoms. The topological polar surface area (TPSA) is 70.1 Å². The summed E-state index contributed by atoms with van der Waals surface area (Å²) in [5.41, 5.74) is 1.36. The van der Waals surface area contributed by atoms with Crippen LogP contribution < -0.4 is 4.74 Å². The minimum Gasteiger partial charge on any atom is -0.507 e. The van der Waals surface area contributed by atoms with Gasteiger partial charge in [-0.1, -0.05) is 69.0 Å². The van der Waals surface area contributed by atoms with Crippen molar-refractivity contribution in [3.8, 4) is 5.75 Å². The first-order valence-electron chi connectivity index (χ1n) is 10.9. The predicted octanol–water partition coefficient (Wildman–Crippen LogP) is 4.01. The molecule has 32 heavy (non-hydrogen) atoms. The molecule has 168 valence electrons. The van der Waals surface area contributed by atoms with E-state index in [1.165, 1.54) is 0 Å². The summed E-state index contributed by atoms with van der Waals surface area (Å²) in [5.74, 6) is -0.752. The molecule has 1 N–H and O–H groups in total. The van der Waals surface area contributed by atoms with Crippen molar-refractivity contribution in [2.45, 2.75) is 19.9 Å². The van der Waals surface area contributed by atoms with E-state index in [0.717, 1.165) is 18.7 Å².